The number of hydrogen-bond donors (Lipinski definition) is 2. The minimum absolute atomic E-state index is 0.0681. The fourth-order valence-corrected chi connectivity index (χ4v) is 3.73. The molecule has 0 aliphatic carbocycles. The van der Waals surface area contributed by atoms with E-state index in [1.54, 1.807) is 6.92 Å². The van der Waals surface area contributed by atoms with Crippen LogP contribution in [0.4, 0.5) is 4.39 Å². The third-order valence-corrected chi connectivity index (χ3v) is 5.61. The molecule has 0 aliphatic rings. The van der Waals surface area contributed by atoms with Crippen LogP contribution in [0, 0.1) is 5.82 Å². The Bertz CT molecular complexity index is 910. The van der Waals surface area contributed by atoms with E-state index >= 15 is 0 Å². The average molecular weight is 358 g/mol. The first-order chi connectivity index (χ1) is 10.6. The summed E-state index contributed by atoms with van der Waals surface area (Å²) in [4.78, 5) is -0.257. The highest BCUT2D eigenvalue weighted by molar-refractivity contribution is 7.89. The van der Waals surface area contributed by atoms with Crippen molar-refractivity contribution in [3.8, 4) is 0 Å². The summed E-state index contributed by atoms with van der Waals surface area (Å²) < 4.78 is 62.3. The number of primary sulfonamides is 1. The number of rotatable bonds is 5. The van der Waals surface area contributed by atoms with E-state index in [1.165, 1.54) is 36.4 Å². The normalized spacial score (nSPS) is 13.7. The zero-order valence-electron chi connectivity index (χ0n) is 12.1. The molecule has 0 saturated carbocycles. The molecule has 0 radical (unpaired) electrons. The summed E-state index contributed by atoms with van der Waals surface area (Å²) in [5.41, 5.74) is 0.539. The van der Waals surface area contributed by atoms with Crippen molar-refractivity contribution in [3.63, 3.8) is 0 Å². The van der Waals surface area contributed by atoms with Gasteiger partial charge >= 0.3 is 0 Å². The number of nitrogens with two attached hydrogens (primary N) is 1. The highest BCUT2D eigenvalue weighted by Gasteiger charge is 2.19. The quantitative estimate of drug-likeness (QED) is 0.845. The van der Waals surface area contributed by atoms with Crippen molar-refractivity contribution in [2.75, 3.05) is 0 Å². The number of halogens is 1. The van der Waals surface area contributed by atoms with Crippen LogP contribution in [0.3, 0.4) is 0 Å². The molecule has 0 aromatic heterocycles. The van der Waals surface area contributed by atoms with Gasteiger partial charge in [0.2, 0.25) is 20.0 Å². The van der Waals surface area contributed by atoms with Gasteiger partial charge in [-0.05, 0) is 42.8 Å². The van der Waals surface area contributed by atoms with E-state index in [9.17, 15) is 21.2 Å². The van der Waals surface area contributed by atoms with Crippen LogP contribution >= 0.6 is 0 Å². The van der Waals surface area contributed by atoms with Gasteiger partial charge in [0.1, 0.15) is 5.82 Å². The van der Waals surface area contributed by atoms with Gasteiger partial charge < -0.3 is 0 Å². The van der Waals surface area contributed by atoms with E-state index in [1.807, 2.05) is 0 Å². The van der Waals surface area contributed by atoms with Crippen LogP contribution in [0.15, 0.2) is 58.3 Å². The molecule has 2 aromatic carbocycles. The Kier molecular flexibility index (Phi) is 4.85. The van der Waals surface area contributed by atoms with E-state index in [4.69, 9.17) is 5.14 Å². The van der Waals surface area contributed by atoms with Gasteiger partial charge in [0, 0.05) is 6.04 Å². The Hall–Kier alpha value is -1.81. The number of benzene rings is 2. The molecule has 0 amide bonds. The van der Waals surface area contributed by atoms with Crippen LogP contribution in [0.25, 0.3) is 0 Å². The molecule has 2 rings (SSSR count). The van der Waals surface area contributed by atoms with Crippen LogP contribution in [0.2, 0.25) is 0 Å². The lowest BCUT2D eigenvalue weighted by Gasteiger charge is -2.15. The molecule has 0 unspecified atom stereocenters. The zero-order chi connectivity index (χ0) is 17.3. The van der Waals surface area contributed by atoms with Crippen molar-refractivity contribution in [1.29, 1.82) is 0 Å². The largest absolute Gasteiger partial charge is 0.241 e. The Labute approximate surface area is 134 Å². The lowest BCUT2D eigenvalue weighted by atomic mass is 10.1. The molecular weight excluding hydrogens is 343 g/mol. The molecule has 3 N–H and O–H groups in total. The maximum Gasteiger partial charge on any atom is 0.241 e. The highest BCUT2D eigenvalue weighted by atomic mass is 32.2. The lowest BCUT2D eigenvalue weighted by molar-refractivity contribution is 0.563. The summed E-state index contributed by atoms with van der Waals surface area (Å²) in [6.45, 7) is 1.59. The fourth-order valence-electron chi connectivity index (χ4n) is 1.95. The molecule has 0 aliphatic heterocycles. The molecule has 124 valence electrons. The number of sulfonamides is 2. The van der Waals surface area contributed by atoms with Crippen molar-refractivity contribution >= 4 is 20.0 Å². The van der Waals surface area contributed by atoms with Gasteiger partial charge in [0.25, 0.3) is 0 Å². The number of hydrogen-bond acceptors (Lipinski definition) is 4. The van der Waals surface area contributed by atoms with E-state index in [0.717, 1.165) is 12.1 Å². The molecule has 2 aromatic rings. The fraction of sp³-hybridized carbons (Fsp3) is 0.143. The maximum atomic E-state index is 13.2. The first-order valence-corrected chi connectivity index (χ1v) is 9.53. The average Bonchev–Trinajstić information content (AvgIpc) is 2.46. The predicted octanol–water partition coefficient (Wildman–Crippen LogP) is 1.51. The Morgan fingerprint density at radius 1 is 1.00 bits per heavy atom. The van der Waals surface area contributed by atoms with Crippen LogP contribution in [-0.4, -0.2) is 16.8 Å². The molecule has 6 nitrogen and oxygen atoms in total. The summed E-state index contributed by atoms with van der Waals surface area (Å²) in [5, 5.41) is 5.00. The van der Waals surface area contributed by atoms with Gasteiger partial charge in [-0.25, -0.2) is 31.1 Å². The SMILES string of the molecule is C[C@H](NS(=O)(=O)c1cccc(F)c1)c1ccc(S(N)(=O)=O)cc1. The molecule has 0 fully saturated rings. The van der Waals surface area contributed by atoms with E-state index in [-0.39, 0.29) is 9.79 Å². The lowest BCUT2D eigenvalue weighted by Crippen LogP contribution is -2.27. The third-order valence-electron chi connectivity index (χ3n) is 3.15. The van der Waals surface area contributed by atoms with Gasteiger partial charge in [-0.1, -0.05) is 18.2 Å². The molecule has 1 atom stereocenters. The first-order valence-electron chi connectivity index (χ1n) is 6.50. The Balaban J connectivity index is 2.23. The second-order valence-corrected chi connectivity index (χ2v) is 8.19. The van der Waals surface area contributed by atoms with E-state index < -0.39 is 31.9 Å². The summed E-state index contributed by atoms with van der Waals surface area (Å²) in [6, 6.07) is 9.50. The smallest absolute Gasteiger partial charge is 0.225 e. The van der Waals surface area contributed by atoms with Crippen molar-refractivity contribution < 1.29 is 21.2 Å². The molecular formula is C14H15FN2O4S2. The Morgan fingerprint density at radius 3 is 2.13 bits per heavy atom. The molecule has 0 saturated heterocycles. The minimum Gasteiger partial charge on any atom is -0.225 e. The van der Waals surface area contributed by atoms with E-state index in [0.29, 0.717) is 5.56 Å². The van der Waals surface area contributed by atoms with Gasteiger partial charge in [-0.15, -0.1) is 0 Å². The maximum absolute atomic E-state index is 13.2. The molecule has 0 heterocycles. The van der Waals surface area contributed by atoms with Crippen molar-refractivity contribution in [2.24, 2.45) is 5.14 Å². The van der Waals surface area contributed by atoms with Gasteiger partial charge in [0.15, 0.2) is 0 Å². The summed E-state index contributed by atoms with van der Waals surface area (Å²) in [6.07, 6.45) is 0. The van der Waals surface area contributed by atoms with Gasteiger partial charge in [0.05, 0.1) is 9.79 Å². The zero-order valence-corrected chi connectivity index (χ0v) is 13.7. The Morgan fingerprint density at radius 2 is 1.61 bits per heavy atom. The third kappa shape index (κ3) is 4.35. The van der Waals surface area contributed by atoms with Crippen LogP contribution in [0.5, 0.6) is 0 Å². The minimum atomic E-state index is -3.90. The van der Waals surface area contributed by atoms with Crippen molar-refractivity contribution in [1.82, 2.24) is 4.72 Å². The predicted molar refractivity (Wildman–Crippen MR) is 83.0 cm³/mol. The van der Waals surface area contributed by atoms with Crippen LogP contribution in [-0.2, 0) is 20.0 Å². The number of nitrogens with one attached hydrogen (secondary N) is 1. The molecule has 9 heteroatoms. The van der Waals surface area contributed by atoms with Crippen LogP contribution in [0.1, 0.15) is 18.5 Å². The van der Waals surface area contributed by atoms with E-state index in [2.05, 4.69) is 4.72 Å². The summed E-state index contributed by atoms with van der Waals surface area (Å²) in [7, 11) is -7.71. The van der Waals surface area contributed by atoms with Crippen molar-refractivity contribution in [3.05, 3.63) is 59.9 Å². The molecule has 23 heavy (non-hydrogen) atoms. The monoisotopic (exact) mass is 358 g/mol. The van der Waals surface area contributed by atoms with Crippen molar-refractivity contribution in [2.45, 2.75) is 22.8 Å². The van der Waals surface area contributed by atoms with Crippen LogP contribution < -0.4 is 9.86 Å². The second-order valence-electron chi connectivity index (χ2n) is 4.91. The molecule has 0 spiro atoms. The first kappa shape index (κ1) is 17.5. The standard InChI is InChI=1S/C14H15FN2O4S2/c1-10(11-5-7-13(8-6-11)22(16,18)19)17-23(20,21)14-4-2-3-12(15)9-14/h2-10,17H,1H3,(H2,16,18,19)/t10-/m0/s1. The summed E-state index contributed by atoms with van der Waals surface area (Å²) in [5.74, 6) is -0.655. The van der Waals surface area contributed by atoms with Gasteiger partial charge in [-0.3, -0.25) is 0 Å². The molecule has 0 bridgehead atoms. The summed E-state index contributed by atoms with van der Waals surface area (Å²) >= 11 is 0. The topological polar surface area (TPSA) is 106 Å². The second kappa shape index (κ2) is 6.36. The van der Waals surface area contributed by atoms with Gasteiger partial charge in [-0.2, -0.15) is 0 Å². The highest BCUT2D eigenvalue weighted by Crippen LogP contribution is 2.19.